The first kappa shape index (κ1) is 13.8. The Balaban J connectivity index is 1.77. The highest BCUT2D eigenvalue weighted by atomic mass is 16.8. The number of aromatic nitrogens is 5. The maximum absolute atomic E-state index is 9.63. The molecule has 118 valence electrons. The minimum Gasteiger partial charge on any atom is -0.396 e. The Hall–Kier alpha value is -1.84. The van der Waals surface area contributed by atoms with E-state index in [-0.39, 0.29) is 30.8 Å². The predicted octanol–water partition coefficient (Wildman–Crippen LogP) is -0.123. The third-order valence-corrected chi connectivity index (χ3v) is 4.39. The highest BCUT2D eigenvalue weighted by Gasteiger charge is 2.55. The lowest BCUT2D eigenvalue weighted by Crippen LogP contribution is -2.28. The number of aliphatic hydroxyl groups excluding tert-OH is 1. The first-order valence-corrected chi connectivity index (χ1v) is 7.28. The molecule has 1 saturated heterocycles. The second-order valence-corrected chi connectivity index (χ2v) is 6.28. The molecular weight excluding hydrogens is 288 g/mol. The molecule has 4 atom stereocenters. The Morgan fingerprint density at radius 1 is 1.36 bits per heavy atom. The molecule has 3 heterocycles. The normalized spacial score (nSPS) is 33.4. The summed E-state index contributed by atoms with van der Waals surface area (Å²) in [5.74, 6) is -0.380. The molecule has 0 amide bonds. The van der Waals surface area contributed by atoms with Crippen LogP contribution in [0.15, 0.2) is 6.33 Å². The molecular formula is C13H18N6O3. The second-order valence-electron chi connectivity index (χ2n) is 6.28. The molecule has 0 bridgehead atoms. The second kappa shape index (κ2) is 4.58. The van der Waals surface area contributed by atoms with Gasteiger partial charge in [0.2, 0.25) is 0 Å². The van der Waals surface area contributed by atoms with Gasteiger partial charge in [-0.1, -0.05) is 5.21 Å². The molecule has 22 heavy (non-hydrogen) atoms. The van der Waals surface area contributed by atoms with E-state index in [2.05, 4.69) is 20.3 Å². The van der Waals surface area contributed by atoms with E-state index in [1.54, 1.807) is 4.68 Å². The van der Waals surface area contributed by atoms with Crippen LogP contribution in [0.25, 0.3) is 11.2 Å². The lowest BCUT2D eigenvalue weighted by atomic mass is 10.1. The molecule has 2 aliphatic rings. The van der Waals surface area contributed by atoms with Crippen molar-refractivity contribution in [2.24, 2.45) is 5.92 Å². The fourth-order valence-corrected chi connectivity index (χ4v) is 3.48. The molecule has 0 aromatic carbocycles. The van der Waals surface area contributed by atoms with Gasteiger partial charge in [0.25, 0.3) is 0 Å². The maximum Gasteiger partial charge on any atom is 0.184 e. The van der Waals surface area contributed by atoms with E-state index < -0.39 is 5.79 Å². The van der Waals surface area contributed by atoms with Crippen molar-refractivity contribution in [3.05, 3.63) is 6.33 Å². The van der Waals surface area contributed by atoms with E-state index in [1.807, 2.05) is 13.8 Å². The number of nitrogens with zero attached hydrogens (tertiary/aromatic N) is 5. The zero-order chi connectivity index (χ0) is 15.5. The number of aliphatic hydroxyl groups is 1. The Bertz CT molecular complexity index is 717. The molecule has 9 nitrogen and oxygen atoms in total. The maximum atomic E-state index is 9.63. The largest absolute Gasteiger partial charge is 0.396 e. The number of anilines is 1. The van der Waals surface area contributed by atoms with Gasteiger partial charge < -0.3 is 20.3 Å². The molecule has 9 heteroatoms. The number of fused-ring (bicyclic) bond motifs is 2. The van der Waals surface area contributed by atoms with Gasteiger partial charge in [-0.15, -0.1) is 5.10 Å². The third-order valence-electron chi connectivity index (χ3n) is 4.39. The van der Waals surface area contributed by atoms with Gasteiger partial charge in [-0.2, -0.15) is 0 Å². The summed E-state index contributed by atoms with van der Waals surface area (Å²) in [5, 5.41) is 17.9. The first-order valence-electron chi connectivity index (χ1n) is 7.28. The van der Waals surface area contributed by atoms with Gasteiger partial charge >= 0.3 is 0 Å². The quantitative estimate of drug-likeness (QED) is 0.787. The van der Waals surface area contributed by atoms with Gasteiger partial charge in [-0.3, -0.25) is 0 Å². The molecule has 4 rings (SSSR count). The fraction of sp³-hybridized carbons (Fsp3) is 0.692. The average molecular weight is 306 g/mol. The summed E-state index contributed by atoms with van der Waals surface area (Å²) in [6.45, 7) is 3.79. The van der Waals surface area contributed by atoms with Crippen molar-refractivity contribution in [2.45, 2.75) is 44.3 Å². The van der Waals surface area contributed by atoms with Crippen LogP contribution in [0, 0.1) is 5.92 Å². The standard InChI is InChI=1S/C13H18N6O3/c1-13(2)21-9-6(4-20)3-7(10(9)22-13)19-12-8(17-18-19)11(14)15-5-16-12/h5-7,9-10,20H,3-4H2,1-2H3,(H2,14,15,16)/t6-,7-,9-,10+/m1/s1. The summed E-state index contributed by atoms with van der Waals surface area (Å²) >= 11 is 0. The highest BCUT2D eigenvalue weighted by molar-refractivity contribution is 5.80. The summed E-state index contributed by atoms with van der Waals surface area (Å²) in [6.07, 6.45) is 1.71. The SMILES string of the molecule is CC1(C)O[C@@H]2[C@@H](CO)C[C@@H](n3nnc4c(N)ncnc43)[C@@H]2O1. The van der Waals surface area contributed by atoms with E-state index in [9.17, 15) is 5.11 Å². The van der Waals surface area contributed by atoms with Crippen LogP contribution in [0.2, 0.25) is 0 Å². The number of hydrogen-bond donors (Lipinski definition) is 2. The van der Waals surface area contributed by atoms with Crippen molar-refractivity contribution < 1.29 is 14.6 Å². The predicted molar refractivity (Wildman–Crippen MR) is 75.6 cm³/mol. The minimum absolute atomic E-state index is 0.00444. The monoisotopic (exact) mass is 306 g/mol. The zero-order valence-electron chi connectivity index (χ0n) is 12.4. The number of rotatable bonds is 2. The number of ether oxygens (including phenoxy) is 2. The summed E-state index contributed by atoms with van der Waals surface area (Å²) in [5.41, 5.74) is 6.86. The number of hydrogen-bond acceptors (Lipinski definition) is 8. The van der Waals surface area contributed by atoms with Gasteiger partial charge in [0.15, 0.2) is 22.8 Å². The van der Waals surface area contributed by atoms with E-state index in [0.717, 1.165) is 0 Å². The van der Waals surface area contributed by atoms with Crippen molar-refractivity contribution in [1.29, 1.82) is 0 Å². The Morgan fingerprint density at radius 3 is 2.91 bits per heavy atom. The lowest BCUT2D eigenvalue weighted by molar-refractivity contribution is -0.162. The third kappa shape index (κ3) is 1.89. The first-order chi connectivity index (χ1) is 10.5. The van der Waals surface area contributed by atoms with Crippen molar-refractivity contribution in [2.75, 3.05) is 12.3 Å². The fourth-order valence-electron chi connectivity index (χ4n) is 3.48. The van der Waals surface area contributed by atoms with Crippen molar-refractivity contribution in [3.63, 3.8) is 0 Å². The molecule has 2 aromatic rings. The van der Waals surface area contributed by atoms with E-state index >= 15 is 0 Å². The van der Waals surface area contributed by atoms with Gasteiger partial charge in [-0.25, -0.2) is 14.6 Å². The molecule has 0 unspecified atom stereocenters. The molecule has 1 aliphatic carbocycles. The summed E-state index contributed by atoms with van der Waals surface area (Å²) < 4.78 is 13.7. The Kier molecular flexibility index (Phi) is 2.87. The molecule has 1 saturated carbocycles. The molecule has 0 spiro atoms. The number of nitrogen functional groups attached to an aromatic ring is 1. The molecule has 2 aromatic heterocycles. The summed E-state index contributed by atoms with van der Waals surface area (Å²) in [7, 11) is 0. The van der Waals surface area contributed by atoms with Crippen molar-refractivity contribution in [3.8, 4) is 0 Å². The smallest absolute Gasteiger partial charge is 0.184 e. The van der Waals surface area contributed by atoms with Crippen molar-refractivity contribution >= 4 is 17.0 Å². The van der Waals surface area contributed by atoms with Crippen LogP contribution in [0.1, 0.15) is 26.3 Å². The van der Waals surface area contributed by atoms with Crippen LogP contribution in [0.4, 0.5) is 5.82 Å². The topological polar surface area (TPSA) is 121 Å². The summed E-state index contributed by atoms with van der Waals surface area (Å²) in [4.78, 5) is 8.16. The van der Waals surface area contributed by atoms with Crippen LogP contribution >= 0.6 is 0 Å². The van der Waals surface area contributed by atoms with Crippen LogP contribution in [-0.2, 0) is 9.47 Å². The minimum atomic E-state index is -0.675. The highest BCUT2D eigenvalue weighted by Crippen LogP contribution is 2.46. The molecule has 1 aliphatic heterocycles. The van der Waals surface area contributed by atoms with Crippen LogP contribution < -0.4 is 5.73 Å². The van der Waals surface area contributed by atoms with Crippen molar-refractivity contribution in [1.82, 2.24) is 25.0 Å². The van der Waals surface area contributed by atoms with Crippen LogP contribution in [-0.4, -0.2) is 54.7 Å². The molecule has 2 fully saturated rings. The average Bonchev–Trinajstić information content (AvgIpc) is 3.10. The van der Waals surface area contributed by atoms with E-state index in [0.29, 0.717) is 23.4 Å². The van der Waals surface area contributed by atoms with E-state index in [4.69, 9.17) is 15.2 Å². The Morgan fingerprint density at radius 2 is 2.14 bits per heavy atom. The number of nitrogens with two attached hydrogens (primary N) is 1. The van der Waals surface area contributed by atoms with Gasteiger partial charge in [0.1, 0.15) is 12.4 Å². The van der Waals surface area contributed by atoms with Crippen LogP contribution in [0.5, 0.6) is 0 Å². The zero-order valence-corrected chi connectivity index (χ0v) is 12.4. The van der Waals surface area contributed by atoms with Crippen LogP contribution in [0.3, 0.4) is 0 Å². The molecule has 0 radical (unpaired) electrons. The molecule has 3 N–H and O–H groups in total. The van der Waals surface area contributed by atoms with E-state index in [1.165, 1.54) is 6.33 Å². The van der Waals surface area contributed by atoms with Gasteiger partial charge in [0, 0.05) is 12.5 Å². The van der Waals surface area contributed by atoms with Gasteiger partial charge in [-0.05, 0) is 20.3 Å². The van der Waals surface area contributed by atoms with Gasteiger partial charge in [0.05, 0.1) is 12.1 Å². The lowest BCUT2D eigenvalue weighted by Gasteiger charge is -2.23. The Labute approximate surface area is 126 Å². The summed E-state index contributed by atoms with van der Waals surface area (Å²) in [6, 6.07) is -0.108.